The molecule has 8 rings (SSSR count). The van der Waals surface area contributed by atoms with E-state index in [1.54, 1.807) is 11.8 Å². The summed E-state index contributed by atoms with van der Waals surface area (Å²) < 4.78 is 2.26. The van der Waals surface area contributed by atoms with E-state index in [1.165, 1.54) is 20.6 Å². The Kier molecular flexibility index (Phi) is 5.54. The molecule has 7 aromatic rings. The number of benzene rings is 6. The Balaban J connectivity index is 1.12. The fourth-order valence-electron chi connectivity index (χ4n) is 5.87. The van der Waals surface area contributed by atoms with Crippen LogP contribution in [0.1, 0.15) is 15.9 Å². The molecule has 0 amide bonds. The second kappa shape index (κ2) is 9.54. The molecule has 194 valence electrons. The quantitative estimate of drug-likeness (QED) is 0.206. The lowest BCUT2D eigenvalue weighted by Gasteiger charge is -2.32. The van der Waals surface area contributed by atoms with Crippen molar-refractivity contribution in [1.82, 2.24) is 4.57 Å². The summed E-state index contributed by atoms with van der Waals surface area (Å²) in [6.45, 7) is 0. The van der Waals surface area contributed by atoms with Crippen molar-refractivity contribution in [3.63, 3.8) is 0 Å². The zero-order chi connectivity index (χ0) is 27.3. The molecule has 0 fully saturated rings. The molecule has 1 aliphatic rings. The lowest BCUT2D eigenvalue weighted by atomic mass is 10.0. The predicted molar refractivity (Wildman–Crippen MR) is 169 cm³/mol. The van der Waals surface area contributed by atoms with Crippen molar-refractivity contribution < 1.29 is 4.79 Å². The molecule has 3 nitrogen and oxygen atoms in total. The fourth-order valence-corrected chi connectivity index (χ4v) is 6.93. The van der Waals surface area contributed by atoms with Gasteiger partial charge in [0.2, 0.25) is 0 Å². The smallest absolute Gasteiger partial charge is 0.193 e. The summed E-state index contributed by atoms with van der Waals surface area (Å²) in [6.07, 6.45) is 0. The molecule has 0 aliphatic carbocycles. The number of rotatable bonds is 4. The van der Waals surface area contributed by atoms with Gasteiger partial charge in [0.1, 0.15) is 0 Å². The Morgan fingerprint density at radius 3 is 1.44 bits per heavy atom. The summed E-state index contributed by atoms with van der Waals surface area (Å²) in [5, 5.41) is 2.45. The lowest BCUT2D eigenvalue weighted by molar-refractivity contribution is 0.103. The van der Waals surface area contributed by atoms with Crippen molar-refractivity contribution in [2.75, 3.05) is 4.90 Å². The molecule has 0 unspecified atom stereocenters. The van der Waals surface area contributed by atoms with Crippen molar-refractivity contribution >= 4 is 56.4 Å². The van der Waals surface area contributed by atoms with Gasteiger partial charge in [0.05, 0.1) is 22.4 Å². The molecular formula is C37H24N2OS. The van der Waals surface area contributed by atoms with Crippen LogP contribution in [0.4, 0.5) is 17.1 Å². The predicted octanol–water partition coefficient (Wildman–Crippen LogP) is 9.95. The number of fused-ring (bicyclic) bond motifs is 5. The van der Waals surface area contributed by atoms with Gasteiger partial charge in [-0.25, -0.2) is 0 Å². The molecule has 6 aromatic carbocycles. The Morgan fingerprint density at radius 1 is 0.463 bits per heavy atom. The first-order chi connectivity index (χ1) is 20.3. The average molecular weight is 545 g/mol. The number of aromatic nitrogens is 1. The van der Waals surface area contributed by atoms with Gasteiger partial charge in [-0.15, -0.1) is 0 Å². The van der Waals surface area contributed by atoms with Gasteiger partial charge in [-0.1, -0.05) is 72.4 Å². The van der Waals surface area contributed by atoms with E-state index in [1.807, 2.05) is 48.5 Å². The van der Waals surface area contributed by atoms with Crippen LogP contribution in [0, 0.1) is 0 Å². The summed E-state index contributed by atoms with van der Waals surface area (Å²) in [7, 11) is 0. The highest BCUT2D eigenvalue weighted by Crippen LogP contribution is 2.51. The second-order valence-electron chi connectivity index (χ2n) is 10.2. The highest BCUT2D eigenvalue weighted by molar-refractivity contribution is 7.99. The number of hydrogen-bond donors (Lipinski definition) is 0. The first-order valence-corrected chi connectivity index (χ1v) is 14.5. The number of carbonyl (C=O) groups excluding carboxylic acids is 1. The monoisotopic (exact) mass is 544 g/mol. The number of anilines is 3. The molecule has 0 saturated carbocycles. The summed E-state index contributed by atoms with van der Waals surface area (Å²) >= 11 is 1.79. The van der Waals surface area contributed by atoms with Gasteiger partial charge in [-0.05, 0) is 84.9 Å². The van der Waals surface area contributed by atoms with Crippen molar-refractivity contribution in [2.24, 2.45) is 0 Å². The van der Waals surface area contributed by atoms with Crippen LogP contribution in [-0.4, -0.2) is 10.4 Å². The zero-order valence-corrected chi connectivity index (χ0v) is 22.9. The van der Waals surface area contributed by atoms with Gasteiger partial charge in [-0.2, -0.15) is 0 Å². The minimum Gasteiger partial charge on any atom is -0.309 e. The molecule has 0 N–H and O–H groups in total. The first kappa shape index (κ1) is 23.8. The lowest BCUT2D eigenvalue weighted by Crippen LogP contribution is -2.14. The SMILES string of the molecule is O=C(c1ccc(N2c3ccccc3Sc3ccccc32)cc1)c1ccc(-n2c3ccccc3c3ccccc32)cc1. The van der Waals surface area contributed by atoms with E-state index in [0.29, 0.717) is 11.1 Å². The van der Waals surface area contributed by atoms with E-state index in [4.69, 9.17) is 0 Å². The molecule has 0 saturated heterocycles. The van der Waals surface area contributed by atoms with Crippen LogP contribution in [0.25, 0.3) is 27.5 Å². The molecule has 0 spiro atoms. The van der Waals surface area contributed by atoms with Gasteiger partial charge in [-0.3, -0.25) is 4.79 Å². The van der Waals surface area contributed by atoms with Crippen LogP contribution in [0.5, 0.6) is 0 Å². The topological polar surface area (TPSA) is 25.2 Å². The van der Waals surface area contributed by atoms with Crippen molar-refractivity contribution in [3.05, 3.63) is 157 Å². The van der Waals surface area contributed by atoms with E-state index in [2.05, 4.69) is 107 Å². The third kappa shape index (κ3) is 3.87. The minimum atomic E-state index is 0.0142. The minimum absolute atomic E-state index is 0.0142. The van der Waals surface area contributed by atoms with Crippen LogP contribution < -0.4 is 4.90 Å². The third-order valence-corrected chi connectivity index (χ3v) is 8.92. The maximum atomic E-state index is 13.5. The third-order valence-electron chi connectivity index (χ3n) is 7.79. The van der Waals surface area contributed by atoms with Crippen LogP contribution >= 0.6 is 11.8 Å². The van der Waals surface area contributed by atoms with E-state index < -0.39 is 0 Å². The Labute approximate surface area is 242 Å². The number of ketones is 1. The van der Waals surface area contributed by atoms with E-state index in [0.717, 1.165) is 33.8 Å². The second-order valence-corrected chi connectivity index (χ2v) is 11.2. The number of nitrogens with zero attached hydrogens (tertiary/aromatic N) is 2. The average Bonchev–Trinajstić information content (AvgIpc) is 3.38. The Bertz CT molecular complexity index is 1990. The number of para-hydroxylation sites is 4. The molecule has 1 aromatic heterocycles. The highest BCUT2D eigenvalue weighted by atomic mass is 32.2. The Hall–Kier alpha value is -5.06. The molecule has 0 bridgehead atoms. The van der Waals surface area contributed by atoms with Gasteiger partial charge in [0, 0.05) is 43.1 Å². The van der Waals surface area contributed by atoms with Crippen molar-refractivity contribution in [2.45, 2.75) is 9.79 Å². The van der Waals surface area contributed by atoms with E-state index >= 15 is 0 Å². The van der Waals surface area contributed by atoms with Gasteiger partial charge in [0.25, 0.3) is 0 Å². The maximum Gasteiger partial charge on any atom is 0.193 e. The Morgan fingerprint density at radius 2 is 0.902 bits per heavy atom. The highest BCUT2D eigenvalue weighted by Gasteiger charge is 2.24. The molecule has 41 heavy (non-hydrogen) atoms. The summed E-state index contributed by atoms with van der Waals surface area (Å²) in [5.41, 5.74) is 8.02. The molecule has 1 aliphatic heterocycles. The molecule has 0 atom stereocenters. The van der Waals surface area contributed by atoms with Crippen LogP contribution in [0.2, 0.25) is 0 Å². The van der Waals surface area contributed by atoms with Crippen LogP contribution in [-0.2, 0) is 0 Å². The van der Waals surface area contributed by atoms with Gasteiger partial charge >= 0.3 is 0 Å². The zero-order valence-electron chi connectivity index (χ0n) is 22.1. The van der Waals surface area contributed by atoms with E-state index in [-0.39, 0.29) is 5.78 Å². The van der Waals surface area contributed by atoms with Gasteiger partial charge in [0.15, 0.2) is 5.78 Å². The molecule has 4 heteroatoms. The summed E-state index contributed by atoms with van der Waals surface area (Å²) in [5.74, 6) is 0.0142. The van der Waals surface area contributed by atoms with Crippen LogP contribution in [0.15, 0.2) is 155 Å². The van der Waals surface area contributed by atoms with Crippen molar-refractivity contribution in [3.8, 4) is 5.69 Å². The van der Waals surface area contributed by atoms with Crippen LogP contribution in [0.3, 0.4) is 0 Å². The largest absolute Gasteiger partial charge is 0.309 e. The first-order valence-electron chi connectivity index (χ1n) is 13.7. The number of carbonyl (C=O) groups is 1. The van der Waals surface area contributed by atoms with E-state index in [9.17, 15) is 4.79 Å². The normalized spacial score (nSPS) is 12.3. The standard InChI is InChI=1S/C37H24N2OS/c40-37(25-17-21-27(22-18-25)38-31-11-3-1-9-29(31)30-10-2-4-12-32(30)38)26-19-23-28(24-20-26)39-33-13-5-7-15-35(33)41-36-16-8-6-14-34(36)39/h1-24H. The summed E-state index contributed by atoms with van der Waals surface area (Å²) in [4.78, 5) is 18.2. The number of hydrogen-bond acceptors (Lipinski definition) is 3. The molecule has 2 heterocycles. The maximum absolute atomic E-state index is 13.5. The molecule has 0 radical (unpaired) electrons. The fraction of sp³-hybridized carbons (Fsp3) is 0. The molecular weight excluding hydrogens is 520 g/mol. The van der Waals surface area contributed by atoms with Crippen molar-refractivity contribution in [1.29, 1.82) is 0 Å². The van der Waals surface area contributed by atoms with Gasteiger partial charge < -0.3 is 9.47 Å². The summed E-state index contributed by atoms with van der Waals surface area (Å²) in [6, 6.07) is 49.7.